The number of benzene rings is 2. The molecule has 1 aliphatic rings. The first-order valence-corrected chi connectivity index (χ1v) is 8.85. The maximum atomic E-state index is 13.0. The van der Waals surface area contributed by atoms with Crippen LogP contribution >= 0.6 is 11.6 Å². The highest BCUT2D eigenvalue weighted by molar-refractivity contribution is 6.32. The number of rotatable bonds is 5. The van der Waals surface area contributed by atoms with Crippen LogP contribution in [0.25, 0.3) is 16.6 Å². The number of ether oxygens (including phenoxy) is 1. The Balaban J connectivity index is 2.12. The van der Waals surface area contributed by atoms with Gasteiger partial charge in [-0.1, -0.05) is 23.7 Å². The van der Waals surface area contributed by atoms with Crippen molar-refractivity contribution < 1.29 is 13.5 Å². The molecule has 0 amide bonds. The zero-order valence-electron chi connectivity index (χ0n) is 14.4. The predicted octanol–water partition coefficient (Wildman–Crippen LogP) is 4.56. The normalized spacial score (nSPS) is 14.0. The van der Waals surface area contributed by atoms with E-state index in [0.29, 0.717) is 21.6 Å². The number of alkyl halides is 2. The predicted molar refractivity (Wildman–Crippen MR) is 101 cm³/mol. The van der Waals surface area contributed by atoms with Crippen molar-refractivity contribution in [2.45, 2.75) is 25.4 Å². The molecule has 0 bridgehead atoms. The van der Waals surface area contributed by atoms with E-state index in [9.17, 15) is 13.6 Å². The largest absolute Gasteiger partial charge is 0.434 e. The van der Waals surface area contributed by atoms with Gasteiger partial charge < -0.3 is 10.1 Å². The molecular formula is C19H16ClF2N3O2. The minimum atomic E-state index is -2.99. The monoisotopic (exact) mass is 391 g/mol. The van der Waals surface area contributed by atoms with Gasteiger partial charge >= 0.3 is 12.3 Å². The molecule has 0 aliphatic heterocycles. The third-order valence-electron chi connectivity index (χ3n) is 4.58. The Morgan fingerprint density at radius 1 is 1.30 bits per heavy atom. The highest BCUT2D eigenvalue weighted by Gasteiger charge is 2.27. The van der Waals surface area contributed by atoms with E-state index in [1.54, 1.807) is 37.4 Å². The number of anilines is 1. The Hall–Kier alpha value is -2.67. The number of para-hydroxylation sites is 1. The average Bonchev–Trinajstić information content (AvgIpc) is 3.46. The third kappa shape index (κ3) is 3.23. The molecular weight excluding hydrogens is 376 g/mol. The summed E-state index contributed by atoms with van der Waals surface area (Å²) in [6.07, 6.45) is 1.94. The molecule has 1 saturated carbocycles. The van der Waals surface area contributed by atoms with E-state index >= 15 is 0 Å². The lowest BCUT2D eigenvalue weighted by molar-refractivity contribution is -0.0488. The maximum Gasteiger partial charge on any atom is 0.387 e. The van der Waals surface area contributed by atoms with Crippen molar-refractivity contribution in [1.29, 1.82) is 0 Å². The van der Waals surface area contributed by atoms with Crippen molar-refractivity contribution >= 4 is 28.3 Å². The summed E-state index contributed by atoms with van der Waals surface area (Å²) in [5.74, 6) is 0.439. The molecule has 4 rings (SSSR count). The minimum Gasteiger partial charge on any atom is -0.434 e. The molecule has 3 aromatic rings. The second-order valence-electron chi connectivity index (χ2n) is 6.35. The Kier molecular flexibility index (Phi) is 4.47. The van der Waals surface area contributed by atoms with Gasteiger partial charge in [-0.3, -0.25) is 4.57 Å². The lowest BCUT2D eigenvalue weighted by atomic mass is 10.1. The fourth-order valence-electron chi connectivity index (χ4n) is 3.23. The van der Waals surface area contributed by atoms with Crippen molar-refractivity contribution in [3.8, 4) is 11.4 Å². The van der Waals surface area contributed by atoms with E-state index in [1.807, 2.05) is 6.07 Å². The topological polar surface area (TPSA) is 56.2 Å². The molecule has 140 valence electrons. The Morgan fingerprint density at radius 3 is 2.67 bits per heavy atom. The molecule has 27 heavy (non-hydrogen) atoms. The van der Waals surface area contributed by atoms with E-state index in [2.05, 4.69) is 10.3 Å². The number of nitrogens with one attached hydrogen (secondary N) is 1. The van der Waals surface area contributed by atoms with Crippen molar-refractivity contribution in [1.82, 2.24) is 9.55 Å². The summed E-state index contributed by atoms with van der Waals surface area (Å²) in [6.45, 7) is -2.99. The average molecular weight is 392 g/mol. The molecule has 0 saturated heterocycles. The smallest absolute Gasteiger partial charge is 0.387 e. The molecule has 1 N–H and O–H groups in total. The van der Waals surface area contributed by atoms with E-state index < -0.39 is 12.3 Å². The molecule has 0 radical (unpaired) electrons. The summed E-state index contributed by atoms with van der Waals surface area (Å²) in [5, 5.41) is 3.46. The van der Waals surface area contributed by atoms with E-state index in [0.717, 1.165) is 18.4 Å². The van der Waals surface area contributed by atoms with Crippen LogP contribution in [0.15, 0.2) is 41.2 Å². The van der Waals surface area contributed by atoms with Crippen molar-refractivity contribution in [3.63, 3.8) is 0 Å². The van der Waals surface area contributed by atoms with Gasteiger partial charge in [-0.15, -0.1) is 0 Å². The third-order valence-corrected chi connectivity index (χ3v) is 4.89. The molecule has 0 atom stereocenters. The molecule has 1 aliphatic carbocycles. The molecule has 1 heterocycles. The van der Waals surface area contributed by atoms with Gasteiger partial charge in [-0.25, -0.2) is 4.79 Å². The molecule has 1 fully saturated rings. The van der Waals surface area contributed by atoms with Gasteiger partial charge in [0.2, 0.25) is 0 Å². The van der Waals surface area contributed by atoms with Gasteiger partial charge in [0, 0.05) is 7.05 Å². The highest BCUT2D eigenvalue weighted by Crippen LogP contribution is 2.44. The summed E-state index contributed by atoms with van der Waals surface area (Å²) in [7, 11) is 1.57. The lowest BCUT2D eigenvalue weighted by Crippen LogP contribution is -2.24. The van der Waals surface area contributed by atoms with E-state index in [1.165, 1.54) is 4.57 Å². The van der Waals surface area contributed by atoms with E-state index in [4.69, 9.17) is 16.3 Å². The van der Waals surface area contributed by atoms with E-state index in [-0.39, 0.29) is 17.5 Å². The Bertz CT molecular complexity index is 1080. The number of nitrogens with zero attached hydrogens (tertiary/aromatic N) is 2. The summed E-state index contributed by atoms with van der Waals surface area (Å²) in [5.41, 5.74) is 1.15. The minimum absolute atomic E-state index is 0.0120. The molecule has 5 nitrogen and oxygen atoms in total. The quantitative estimate of drug-likeness (QED) is 0.692. The van der Waals surface area contributed by atoms with Gasteiger partial charge in [-0.2, -0.15) is 13.8 Å². The van der Waals surface area contributed by atoms with Crippen molar-refractivity contribution in [2.75, 3.05) is 12.4 Å². The summed E-state index contributed by atoms with van der Waals surface area (Å²) in [6, 6.07) is 10.3. The lowest BCUT2D eigenvalue weighted by Gasteiger charge is -2.18. The molecule has 0 unspecified atom stereocenters. The van der Waals surface area contributed by atoms with Crippen LogP contribution in [0.1, 0.15) is 24.3 Å². The van der Waals surface area contributed by atoms with Crippen molar-refractivity contribution in [3.05, 3.63) is 57.5 Å². The summed E-state index contributed by atoms with van der Waals surface area (Å²) >= 11 is 6.29. The van der Waals surface area contributed by atoms with Crippen LogP contribution in [-0.4, -0.2) is 23.2 Å². The number of fused-ring (bicyclic) bond motifs is 1. The SMILES string of the molecule is CNc1nc(=O)n(-c2ccccc2Cl)c2cc(C3CC3)cc(OC(F)F)c12. The zero-order chi connectivity index (χ0) is 19.1. The highest BCUT2D eigenvalue weighted by atomic mass is 35.5. The van der Waals surface area contributed by atoms with Crippen LogP contribution in [0, 0.1) is 0 Å². The van der Waals surface area contributed by atoms with Crippen molar-refractivity contribution in [2.24, 2.45) is 0 Å². The number of aromatic nitrogens is 2. The molecule has 2 aromatic carbocycles. The van der Waals surface area contributed by atoms with Gasteiger partial charge in [0.15, 0.2) is 0 Å². The van der Waals surface area contributed by atoms with Crippen LogP contribution in [0.5, 0.6) is 5.75 Å². The Morgan fingerprint density at radius 2 is 2.04 bits per heavy atom. The van der Waals surface area contributed by atoms with Gasteiger partial charge in [-0.05, 0) is 48.6 Å². The van der Waals surface area contributed by atoms with Gasteiger partial charge in [0.25, 0.3) is 0 Å². The van der Waals surface area contributed by atoms with Gasteiger partial charge in [0.1, 0.15) is 11.6 Å². The fourth-order valence-corrected chi connectivity index (χ4v) is 3.45. The standard InChI is InChI=1S/C19H16ClF2N3O2/c1-23-17-16-14(8-11(10-6-7-10)9-15(16)27-18(21)22)25(19(26)24-17)13-5-3-2-4-12(13)20/h2-5,8-10,18H,6-7H2,1H3,(H,23,24,26). The fraction of sp³-hybridized carbons (Fsp3) is 0.263. The second-order valence-corrected chi connectivity index (χ2v) is 6.75. The molecule has 1 aromatic heterocycles. The first-order valence-electron chi connectivity index (χ1n) is 8.47. The summed E-state index contributed by atoms with van der Waals surface area (Å²) < 4.78 is 32.2. The first-order chi connectivity index (χ1) is 13.0. The van der Waals surface area contributed by atoms with Crippen LogP contribution in [-0.2, 0) is 0 Å². The molecule has 0 spiro atoms. The first kappa shape index (κ1) is 17.7. The zero-order valence-corrected chi connectivity index (χ0v) is 15.1. The number of halogens is 3. The Labute approximate surface area is 158 Å². The van der Waals surface area contributed by atoms with Crippen LogP contribution in [0.4, 0.5) is 14.6 Å². The number of hydrogen-bond donors (Lipinski definition) is 1. The van der Waals surface area contributed by atoms with Gasteiger partial charge in [0.05, 0.1) is 21.6 Å². The molecule has 8 heteroatoms. The second kappa shape index (κ2) is 6.81. The van der Waals surface area contributed by atoms with Crippen LogP contribution in [0.2, 0.25) is 5.02 Å². The van der Waals surface area contributed by atoms with Crippen LogP contribution < -0.4 is 15.7 Å². The maximum absolute atomic E-state index is 13.0. The number of hydrogen-bond acceptors (Lipinski definition) is 4. The summed E-state index contributed by atoms with van der Waals surface area (Å²) in [4.78, 5) is 16.8. The van der Waals surface area contributed by atoms with Crippen LogP contribution in [0.3, 0.4) is 0 Å².